The fraction of sp³-hybridized carbons (Fsp3) is 0.222. The van der Waals surface area contributed by atoms with E-state index in [9.17, 15) is 30.0 Å². The molecule has 0 aliphatic carbocycles. The van der Waals surface area contributed by atoms with Crippen LogP contribution in [0.25, 0.3) is 0 Å². The first-order chi connectivity index (χ1) is 12.4. The number of benzene rings is 2. The Bertz CT molecular complexity index is 756. The molecule has 0 saturated heterocycles. The van der Waals surface area contributed by atoms with Crippen LogP contribution >= 0.6 is 0 Å². The van der Waals surface area contributed by atoms with E-state index in [2.05, 4.69) is 10.6 Å². The number of hydrogen-bond acceptors (Lipinski definition) is 5. The standard InChI is InChI=1S/C18H19N2O6/c21-10-15(24)20-16(12-4-2-1-3-5-12)18(26)19-7-6-11-8-13(22)17(25)14(23)9-11/h1-5,8-9,16,22-23,25H,6-7,10H2,(H,19,26)(H,20,24)/t16-/m1/s1. The minimum Gasteiger partial charge on any atom is -0.504 e. The number of amides is 2. The van der Waals surface area contributed by atoms with Gasteiger partial charge >= 0.3 is 0 Å². The summed E-state index contributed by atoms with van der Waals surface area (Å²) in [5.74, 6) is -2.82. The summed E-state index contributed by atoms with van der Waals surface area (Å²) in [4.78, 5) is 23.8. The average Bonchev–Trinajstić information content (AvgIpc) is 2.64. The highest BCUT2D eigenvalue weighted by Crippen LogP contribution is 2.35. The molecule has 8 heteroatoms. The monoisotopic (exact) mass is 359 g/mol. The second-order valence-electron chi connectivity index (χ2n) is 5.58. The molecule has 0 aliphatic rings. The van der Waals surface area contributed by atoms with Crippen molar-refractivity contribution >= 4 is 11.8 Å². The van der Waals surface area contributed by atoms with Crippen LogP contribution in [0.4, 0.5) is 0 Å². The Balaban J connectivity index is 2.02. The molecule has 1 atom stereocenters. The van der Waals surface area contributed by atoms with Crippen molar-refractivity contribution in [2.24, 2.45) is 0 Å². The highest BCUT2D eigenvalue weighted by atomic mass is 16.3. The summed E-state index contributed by atoms with van der Waals surface area (Å²) < 4.78 is 0. The molecule has 0 aliphatic heterocycles. The van der Waals surface area contributed by atoms with Gasteiger partial charge in [-0.1, -0.05) is 30.3 Å². The molecule has 0 saturated carbocycles. The molecule has 8 nitrogen and oxygen atoms in total. The SMILES string of the molecule is [O]CC(=O)N[C@@H](C(=O)NCCc1cc(O)c(O)c(O)c1)c1ccccc1. The molecule has 2 aromatic carbocycles. The summed E-state index contributed by atoms with van der Waals surface area (Å²) in [7, 11) is 0. The van der Waals surface area contributed by atoms with Gasteiger partial charge in [-0.2, -0.15) is 0 Å². The van der Waals surface area contributed by atoms with E-state index in [0.29, 0.717) is 11.1 Å². The molecular weight excluding hydrogens is 340 g/mol. The second kappa shape index (κ2) is 8.72. The summed E-state index contributed by atoms with van der Waals surface area (Å²) in [6.45, 7) is -0.832. The molecule has 2 aromatic rings. The van der Waals surface area contributed by atoms with E-state index in [-0.39, 0.29) is 13.0 Å². The van der Waals surface area contributed by atoms with Gasteiger partial charge in [0.2, 0.25) is 11.8 Å². The third kappa shape index (κ3) is 4.87. The zero-order valence-corrected chi connectivity index (χ0v) is 13.8. The highest BCUT2D eigenvalue weighted by molar-refractivity contribution is 5.88. The van der Waals surface area contributed by atoms with Gasteiger partial charge in [-0.15, -0.1) is 0 Å². The Morgan fingerprint density at radius 1 is 1.00 bits per heavy atom. The first-order valence-corrected chi connectivity index (χ1v) is 7.86. The van der Waals surface area contributed by atoms with Crippen LogP contribution < -0.4 is 10.6 Å². The van der Waals surface area contributed by atoms with Gasteiger partial charge in [0.15, 0.2) is 23.9 Å². The lowest BCUT2D eigenvalue weighted by Crippen LogP contribution is -2.41. The molecule has 1 radical (unpaired) electrons. The van der Waals surface area contributed by atoms with Gasteiger partial charge in [0.05, 0.1) is 0 Å². The molecule has 0 fully saturated rings. The maximum Gasteiger partial charge on any atom is 0.250 e. The first-order valence-electron chi connectivity index (χ1n) is 7.86. The average molecular weight is 359 g/mol. The summed E-state index contributed by atoms with van der Waals surface area (Å²) in [5, 5.41) is 44.0. The van der Waals surface area contributed by atoms with Crippen LogP contribution in [0.15, 0.2) is 42.5 Å². The van der Waals surface area contributed by atoms with Gasteiger partial charge < -0.3 is 26.0 Å². The van der Waals surface area contributed by atoms with Crippen LogP contribution in [0.2, 0.25) is 0 Å². The van der Waals surface area contributed by atoms with Gasteiger partial charge in [0.1, 0.15) is 6.04 Å². The van der Waals surface area contributed by atoms with Gasteiger partial charge in [-0.25, -0.2) is 5.11 Å². The molecule has 0 bridgehead atoms. The number of phenols is 3. The third-order valence-corrected chi connectivity index (χ3v) is 3.67. The van der Waals surface area contributed by atoms with E-state index in [1.54, 1.807) is 30.3 Å². The molecule has 0 aromatic heterocycles. The van der Waals surface area contributed by atoms with Crippen molar-refractivity contribution in [3.8, 4) is 17.2 Å². The minimum absolute atomic E-state index is 0.152. The Morgan fingerprint density at radius 2 is 1.62 bits per heavy atom. The Hall–Kier alpha value is -3.26. The third-order valence-electron chi connectivity index (χ3n) is 3.67. The molecular formula is C18H19N2O6. The van der Waals surface area contributed by atoms with Gasteiger partial charge in [0.25, 0.3) is 0 Å². The number of nitrogens with one attached hydrogen (secondary N) is 2. The number of aromatic hydroxyl groups is 3. The van der Waals surface area contributed by atoms with Crippen LogP contribution in [-0.4, -0.2) is 40.3 Å². The van der Waals surface area contributed by atoms with Crippen molar-refractivity contribution in [1.29, 1.82) is 0 Å². The highest BCUT2D eigenvalue weighted by Gasteiger charge is 2.22. The van der Waals surface area contributed by atoms with Crippen molar-refractivity contribution in [2.45, 2.75) is 12.5 Å². The largest absolute Gasteiger partial charge is 0.504 e. The summed E-state index contributed by atoms with van der Waals surface area (Å²) in [6, 6.07) is 10.0. The molecule has 137 valence electrons. The molecule has 0 heterocycles. The smallest absolute Gasteiger partial charge is 0.250 e. The van der Waals surface area contributed by atoms with Gasteiger partial charge in [-0.05, 0) is 29.7 Å². The molecule has 0 unspecified atom stereocenters. The predicted molar refractivity (Wildman–Crippen MR) is 91.0 cm³/mol. The number of rotatable bonds is 7. The molecule has 0 spiro atoms. The summed E-state index contributed by atoms with van der Waals surface area (Å²) in [6.07, 6.45) is 0.268. The van der Waals surface area contributed by atoms with Crippen molar-refractivity contribution in [2.75, 3.05) is 13.2 Å². The Labute approximate surface area is 149 Å². The van der Waals surface area contributed by atoms with E-state index < -0.39 is 41.7 Å². The lowest BCUT2D eigenvalue weighted by molar-refractivity contribution is -0.131. The van der Waals surface area contributed by atoms with Crippen LogP contribution in [0.5, 0.6) is 17.2 Å². The normalized spacial score (nSPS) is 11.6. The lowest BCUT2D eigenvalue weighted by atomic mass is 10.1. The first kappa shape index (κ1) is 19.1. The molecule has 26 heavy (non-hydrogen) atoms. The van der Waals surface area contributed by atoms with Crippen LogP contribution in [0.3, 0.4) is 0 Å². The minimum atomic E-state index is -1.00. The number of carbonyl (C=O) groups excluding carboxylic acids is 2. The van der Waals surface area contributed by atoms with E-state index in [1.165, 1.54) is 12.1 Å². The van der Waals surface area contributed by atoms with Gasteiger partial charge in [0, 0.05) is 6.54 Å². The van der Waals surface area contributed by atoms with E-state index >= 15 is 0 Å². The zero-order chi connectivity index (χ0) is 19.1. The van der Waals surface area contributed by atoms with Crippen molar-refractivity contribution < 1.29 is 30.0 Å². The Morgan fingerprint density at radius 3 is 2.19 bits per heavy atom. The van der Waals surface area contributed by atoms with E-state index in [1.807, 2.05) is 0 Å². The van der Waals surface area contributed by atoms with E-state index in [4.69, 9.17) is 0 Å². The van der Waals surface area contributed by atoms with E-state index in [0.717, 1.165) is 0 Å². The molecule has 2 amide bonds. The number of carbonyl (C=O) groups is 2. The van der Waals surface area contributed by atoms with Crippen LogP contribution in [0.1, 0.15) is 17.2 Å². The number of hydrogen-bond donors (Lipinski definition) is 5. The second-order valence-corrected chi connectivity index (χ2v) is 5.58. The summed E-state index contributed by atoms with van der Waals surface area (Å²) in [5.41, 5.74) is 1.03. The quantitative estimate of drug-likeness (QED) is 0.464. The van der Waals surface area contributed by atoms with Crippen LogP contribution in [0, 0.1) is 0 Å². The number of phenolic OH excluding ortho intramolecular Hbond substituents is 3. The molecule has 5 N–H and O–H groups in total. The Kier molecular flexibility index (Phi) is 6.40. The lowest BCUT2D eigenvalue weighted by Gasteiger charge is -2.18. The fourth-order valence-corrected chi connectivity index (χ4v) is 2.39. The topological polar surface area (TPSA) is 139 Å². The molecule has 2 rings (SSSR count). The van der Waals surface area contributed by atoms with Crippen LogP contribution in [-0.2, 0) is 21.1 Å². The van der Waals surface area contributed by atoms with Crippen molar-refractivity contribution in [3.05, 3.63) is 53.6 Å². The fourth-order valence-electron chi connectivity index (χ4n) is 2.39. The van der Waals surface area contributed by atoms with Crippen molar-refractivity contribution in [1.82, 2.24) is 10.6 Å². The van der Waals surface area contributed by atoms with Gasteiger partial charge in [-0.3, -0.25) is 9.59 Å². The maximum absolute atomic E-state index is 12.4. The zero-order valence-electron chi connectivity index (χ0n) is 13.8. The predicted octanol–water partition coefficient (Wildman–Crippen LogP) is 0.750. The maximum atomic E-state index is 12.4. The summed E-state index contributed by atoms with van der Waals surface area (Å²) >= 11 is 0. The van der Waals surface area contributed by atoms with Crippen molar-refractivity contribution in [3.63, 3.8) is 0 Å².